The highest BCUT2D eigenvalue weighted by Gasteiger charge is 2.25. The standard InChI is InChI=1S/C14H21N5O/c1-18-7-9-19(10-8-18)13-6-5-12(16-17-13)15-14(20)11-3-2-4-11/h5-6,11H,2-4,7-10H2,1H3,(H,15,16,20). The number of carbonyl (C=O) groups is 1. The van der Waals surface area contributed by atoms with Gasteiger partial charge in [-0.05, 0) is 32.0 Å². The van der Waals surface area contributed by atoms with Crippen molar-refractivity contribution in [1.29, 1.82) is 0 Å². The second-order valence-corrected chi connectivity index (χ2v) is 5.68. The average Bonchev–Trinajstić information content (AvgIpc) is 2.38. The van der Waals surface area contributed by atoms with Crippen molar-refractivity contribution < 1.29 is 4.79 Å². The Hall–Kier alpha value is -1.69. The maximum absolute atomic E-state index is 11.8. The lowest BCUT2D eigenvalue weighted by Gasteiger charge is -2.32. The number of anilines is 2. The number of likely N-dealkylation sites (N-methyl/N-ethyl adjacent to an activating group) is 1. The Morgan fingerprint density at radius 3 is 2.50 bits per heavy atom. The summed E-state index contributed by atoms with van der Waals surface area (Å²) >= 11 is 0. The van der Waals surface area contributed by atoms with Crippen LogP contribution < -0.4 is 10.2 Å². The van der Waals surface area contributed by atoms with E-state index in [1.165, 1.54) is 0 Å². The van der Waals surface area contributed by atoms with E-state index >= 15 is 0 Å². The van der Waals surface area contributed by atoms with Gasteiger partial charge in [-0.1, -0.05) is 6.42 Å². The molecule has 0 spiro atoms. The van der Waals surface area contributed by atoms with E-state index < -0.39 is 0 Å². The van der Waals surface area contributed by atoms with Crippen molar-refractivity contribution in [3.63, 3.8) is 0 Å². The number of rotatable bonds is 3. The van der Waals surface area contributed by atoms with E-state index in [9.17, 15) is 4.79 Å². The van der Waals surface area contributed by atoms with Gasteiger partial charge in [0.05, 0.1) is 0 Å². The van der Waals surface area contributed by atoms with Gasteiger partial charge in [0.2, 0.25) is 5.91 Å². The molecule has 1 saturated carbocycles. The van der Waals surface area contributed by atoms with Gasteiger partial charge in [-0.15, -0.1) is 10.2 Å². The fourth-order valence-electron chi connectivity index (χ4n) is 2.49. The lowest BCUT2D eigenvalue weighted by Crippen LogP contribution is -2.44. The van der Waals surface area contributed by atoms with Crippen molar-refractivity contribution in [3.05, 3.63) is 12.1 Å². The van der Waals surface area contributed by atoms with Crippen LogP contribution in [-0.4, -0.2) is 54.2 Å². The van der Waals surface area contributed by atoms with Crippen LogP contribution in [0.5, 0.6) is 0 Å². The van der Waals surface area contributed by atoms with Gasteiger partial charge in [-0.2, -0.15) is 0 Å². The van der Waals surface area contributed by atoms with Crippen LogP contribution in [0.1, 0.15) is 19.3 Å². The Labute approximate surface area is 119 Å². The lowest BCUT2D eigenvalue weighted by atomic mass is 9.85. The van der Waals surface area contributed by atoms with Crippen LogP contribution in [-0.2, 0) is 4.79 Å². The Morgan fingerprint density at radius 1 is 1.20 bits per heavy atom. The summed E-state index contributed by atoms with van der Waals surface area (Å²) in [6.45, 7) is 4.03. The molecule has 108 valence electrons. The summed E-state index contributed by atoms with van der Waals surface area (Å²) in [4.78, 5) is 16.4. The SMILES string of the molecule is CN1CCN(c2ccc(NC(=O)C3CCC3)nn2)CC1. The maximum Gasteiger partial charge on any atom is 0.228 e. The highest BCUT2D eigenvalue weighted by molar-refractivity contribution is 5.92. The first-order valence-electron chi connectivity index (χ1n) is 7.30. The van der Waals surface area contributed by atoms with Crippen LogP contribution >= 0.6 is 0 Å². The van der Waals surface area contributed by atoms with Crippen molar-refractivity contribution >= 4 is 17.5 Å². The molecule has 1 aliphatic heterocycles. The zero-order valence-electron chi connectivity index (χ0n) is 11.9. The zero-order valence-corrected chi connectivity index (χ0v) is 11.9. The molecule has 2 heterocycles. The van der Waals surface area contributed by atoms with Crippen molar-refractivity contribution in [2.45, 2.75) is 19.3 Å². The molecule has 0 bridgehead atoms. The molecule has 6 heteroatoms. The molecule has 1 aromatic heterocycles. The second-order valence-electron chi connectivity index (χ2n) is 5.68. The molecule has 20 heavy (non-hydrogen) atoms. The van der Waals surface area contributed by atoms with Crippen molar-refractivity contribution in [2.75, 3.05) is 43.4 Å². The van der Waals surface area contributed by atoms with E-state index in [1.54, 1.807) is 0 Å². The highest BCUT2D eigenvalue weighted by Crippen LogP contribution is 2.27. The molecule has 1 amide bonds. The summed E-state index contributed by atoms with van der Waals surface area (Å²) in [5, 5.41) is 11.2. The van der Waals surface area contributed by atoms with E-state index in [0.717, 1.165) is 51.3 Å². The first-order chi connectivity index (χ1) is 9.72. The topological polar surface area (TPSA) is 61.4 Å². The summed E-state index contributed by atoms with van der Waals surface area (Å²) in [5.41, 5.74) is 0. The van der Waals surface area contributed by atoms with Crippen molar-refractivity contribution in [1.82, 2.24) is 15.1 Å². The minimum Gasteiger partial charge on any atom is -0.353 e. The number of nitrogens with zero attached hydrogens (tertiary/aromatic N) is 4. The third kappa shape index (κ3) is 2.90. The minimum absolute atomic E-state index is 0.0814. The fraction of sp³-hybridized carbons (Fsp3) is 0.643. The largest absolute Gasteiger partial charge is 0.353 e. The van der Waals surface area contributed by atoms with Gasteiger partial charge in [0.1, 0.15) is 0 Å². The van der Waals surface area contributed by atoms with Crippen molar-refractivity contribution in [2.24, 2.45) is 5.92 Å². The van der Waals surface area contributed by atoms with Crippen LogP contribution in [0.2, 0.25) is 0 Å². The molecule has 1 aliphatic carbocycles. The third-order valence-electron chi connectivity index (χ3n) is 4.20. The molecule has 0 atom stereocenters. The molecule has 1 aromatic rings. The monoisotopic (exact) mass is 275 g/mol. The number of aromatic nitrogens is 2. The van der Waals surface area contributed by atoms with E-state index in [1.807, 2.05) is 12.1 Å². The lowest BCUT2D eigenvalue weighted by molar-refractivity contribution is -0.122. The first kappa shape index (κ1) is 13.3. The second kappa shape index (κ2) is 5.75. The summed E-state index contributed by atoms with van der Waals surface area (Å²) < 4.78 is 0. The highest BCUT2D eigenvalue weighted by atomic mass is 16.2. The van der Waals surface area contributed by atoms with Gasteiger partial charge in [-0.3, -0.25) is 4.79 Å². The molecular weight excluding hydrogens is 254 g/mol. The molecule has 1 saturated heterocycles. The number of nitrogens with one attached hydrogen (secondary N) is 1. The van der Waals surface area contributed by atoms with E-state index in [4.69, 9.17) is 0 Å². The molecule has 6 nitrogen and oxygen atoms in total. The predicted octanol–water partition coefficient (Wildman–Crippen LogP) is 0.967. The van der Waals surface area contributed by atoms with E-state index in [-0.39, 0.29) is 11.8 Å². The molecule has 2 aliphatic rings. The van der Waals surface area contributed by atoms with Crippen molar-refractivity contribution in [3.8, 4) is 0 Å². The zero-order chi connectivity index (χ0) is 13.9. The van der Waals surface area contributed by atoms with E-state index in [2.05, 4.69) is 32.4 Å². The predicted molar refractivity (Wildman–Crippen MR) is 77.7 cm³/mol. The van der Waals surface area contributed by atoms with Crippen LogP contribution in [0.3, 0.4) is 0 Å². The van der Waals surface area contributed by atoms with Crippen LogP contribution in [0.25, 0.3) is 0 Å². The molecule has 0 radical (unpaired) electrons. The molecule has 2 fully saturated rings. The van der Waals surface area contributed by atoms with Gasteiger partial charge < -0.3 is 15.1 Å². The summed E-state index contributed by atoms with van der Waals surface area (Å²) in [7, 11) is 2.13. The van der Waals surface area contributed by atoms with Gasteiger partial charge in [0.15, 0.2) is 11.6 Å². The number of piperazine rings is 1. The van der Waals surface area contributed by atoms with Crippen LogP contribution in [0, 0.1) is 5.92 Å². The minimum atomic E-state index is 0.0814. The van der Waals surface area contributed by atoms with Crippen LogP contribution in [0.4, 0.5) is 11.6 Å². The quantitative estimate of drug-likeness (QED) is 0.890. The number of hydrogen-bond acceptors (Lipinski definition) is 5. The third-order valence-corrected chi connectivity index (χ3v) is 4.20. The van der Waals surface area contributed by atoms with Gasteiger partial charge in [-0.25, -0.2) is 0 Å². The Morgan fingerprint density at radius 2 is 1.95 bits per heavy atom. The van der Waals surface area contributed by atoms with Gasteiger partial charge >= 0.3 is 0 Å². The fourth-order valence-corrected chi connectivity index (χ4v) is 2.49. The number of hydrogen-bond donors (Lipinski definition) is 1. The molecule has 3 rings (SSSR count). The maximum atomic E-state index is 11.8. The Kier molecular flexibility index (Phi) is 3.82. The smallest absolute Gasteiger partial charge is 0.228 e. The molecule has 0 unspecified atom stereocenters. The Balaban J connectivity index is 1.58. The molecule has 1 N–H and O–H groups in total. The molecular formula is C14H21N5O. The summed E-state index contributed by atoms with van der Waals surface area (Å²) in [6, 6.07) is 3.78. The van der Waals surface area contributed by atoms with E-state index in [0.29, 0.717) is 5.82 Å². The molecule has 0 aromatic carbocycles. The normalized spacial score (nSPS) is 20.6. The van der Waals surface area contributed by atoms with Crippen LogP contribution in [0.15, 0.2) is 12.1 Å². The van der Waals surface area contributed by atoms with Gasteiger partial charge in [0.25, 0.3) is 0 Å². The number of carbonyl (C=O) groups excluding carboxylic acids is 1. The van der Waals surface area contributed by atoms with Gasteiger partial charge in [0, 0.05) is 32.1 Å². The Bertz CT molecular complexity index is 463. The first-order valence-corrected chi connectivity index (χ1v) is 7.30. The number of amides is 1. The average molecular weight is 275 g/mol. The summed E-state index contributed by atoms with van der Waals surface area (Å²) in [6.07, 6.45) is 3.16. The summed E-state index contributed by atoms with van der Waals surface area (Å²) in [5.74, 6) is 1.70.